The third-order valence-corrected chi connectivity index (χ3v) is 4.48. The van der Waals surface area contributed by atoms with Crippen LogP contribution in [0.1, 0.15) is 37.3 Å². The Bertz CT molecular complexity index is 529. The number of nitrogens with one attached hydrogen (secondary N) is 1. The van der Waals surface area contributed by atoms with Crippen LogP contribution in [0.25, 0.3) is 0 Å². The highest BCUT2D eigenvalue weighted by molar-refractivity contribution is 5.76. The molecular weight excluding hydrogens is 310 g/mol. The minimum absolute atomic E-state index is 0.00811. The van der Waals surface area contributed by atoms with Crippen LogP contribution in [-0.4, -0.2) is 49.3 Å². The molecule has 0 radical (unpaired) electrons. The van der Waals surface area contributed by atoms with E-state index in [4.69, 9.17) is 19.3 Å². The quantitative estimate of drug-likeness (QED) is 0.628. The summed E-state index contributed by atoms with van der Waals surface area (Å²) in [7, 11) is 0. The van der Waals surface area contributed by atoms with Crippen molar-refractivity contribution in [1.29, 1.82) is 0 Å². The number of aliphatic hydroxyl groups is 1. The molecule has 0 saturated carbocycles. The van der Waals surface area contributed by atoms with Crippen LogP contribution in [0.5, 0.6) is 0 Å². The Labute approximate surface area is 142 Å². The second-order valence-electron chi connectivity index (χ2n) is 6.30. The SMILES string of the molecule is O=C(OCCCO)[C@@H]1CC2(C[C@@H](c3ccccc3)N1)OCCCO2. The Morgan fingerprint density at radius 3 is 2.71 bits per heavy atom. The van der Waals surface area contributed by atoms with Gasteiger partial charge < -0.3 is 19.3 Å². The maximum Gasteiger partial charge on any atom is 0.323 e. The maximum absolute atomic E-state index is 12.4. The van der Waals surface area contributed by atoms with E-state index in [9.17, 15) is 4.79 Å². The lowest BCUT2D eigenvalue weighted by Crippen LogP contribution is -2.56. The van der Waals surface area contributed by atoms with Crippen molar-refractivity contribution in [2.45, 2.75) is 43.6 Å². The van der Waals surface area contributed by atoms with Gasteiger partial charge in [0.25, 0.3) is 0 Å². The van der Waals surface area contributed by atoms with E-state index in [2.05, 4.69) is 5.32 Å². The van der Waals surface area contributed by atoms with Crippen molar-refractivity contribution in [2.24, 2.45) is 0 Å². The van der Waals surface area contributed by atoms with E-state index < -0.39 is 11.8 Å². The highest BCUT2D eigenvalue weighted by Gasteiger charge is 2.46. The van der Waals surface area contributed by atoms with E-state index >= 15 is 0 Å². The lowest BCUT2D eigenvalue weighted by molar-refractivity contribution is -0.286. The molecule has 1 aromatic rings. The van der Waals surface area contributed by atoms with Crippen LogP contribution in [0.4, 0.5) is 0 Å². The Balaban J connectivity index is 1.74. The Kier molecular flexibility index (Phi) is 5.84. The first-order valence-corrected chi connectivity index (χ1v) is 8.59. The molecule has 2 fully saturated rings. The summed E-state index contributed by atoms with van der Waals surface area (Å²) < 4.78 is 17.2. The summed E-state index contributed by atoms with van der Waals surface area (Å²) in [5, 5.41) is 12.2. The third kappa shape index (κ3) is 4.13. The van der Waals surface area contributed by atoms with Gasteiger partial charge in [-0.2, -0.15) is 0 Å². The minimum Gasteiger partial charge on any atom is -0.464 e. The van der Waals surface area contributed by atoms with Crippen LogP contribution in [0.15, 0.2) is 30.3 Å². The Morgan fingerprint density at radius 1 is 1.25 bits per heavy atom. The number of piperidine rings is 1. The van der Waals surface area contributed by atoms with Crippen LogP contribution < -0.4 is 5.32 Å². The number of ether oxygens (including phenoxy) is 3. The number of aliphatic hydroxyl groups excluding tert-OH is 1. The van der Waals surface area contributed by atoms with Crippen LogP contribution in [0.3, 0.4) is 0 Å². The largest absolute Gasteiger partial charge is 0.464 e. The second kappa shape index (κ2) is 8.07. The lowest BCUT2D eigenvalue weighted by Gasteiger charge is -2.45. The van der Waals surface area contributed by atoms with E-state index in [0.29, 0.717) is 32.5 Å². The summed E-state index contributed by atoms with van der Waals surface area (Å²) in [6.45, 7) is 1.52. The summed E-state index contributed by atoms with van der Waals surface area (Å²) in [5.41, 5.74) is 1.10. The minimum atomic E-state index is -0.731. The normalized spacial score (nSPS) is 26.2. The highest BCUT2D eigenvalue weighted by Crippen LogP contribution is 2.38. The molecule has 6 nitrogen and oxygen atoms in total. The first-order chi connectivity index (χ1) is 11.7. The smallest absolute Gasteiger partial charge is 0.323 e. The molecule has 6 heteroatoms. The number of hydrogen-bond donors (Lipinski definition) is 2. The molecule has 2 atom stereocenters. The molecule has 2 N–H and O–H groups in total. The number of rotatable bonds is 5. The van der Waals surface area contributed by atoms with Crippen molar-refractivity contribution in [3.05, 3.63) is 35.9 Å². The van der Waals surface area contributed by atoms with Crippen molar-refractivity contribution in [3.63, 3.8) is 0 Å². The Morgan fingerprint density at radius 2 is 2.00 bits per heavy atom. The number of hydrogen-bond acceptors (Lipinski definition) is 6. The average Bonchev–Trinajstić information content (AvgIpc) is 2.63. The molecule has 2 aliphatic heterocycles. The van der Waals surface area contributed by atoms with Gasteiger partial charge >= 0.3 is 5.97 Å². The van der Waals surface area contributed by atoms with Crippen molar-refractivity contribution in [2.75, 3.05) is 26.4 Å². The number of esters is 1. The van der Waals surface area contributed by atoms with Crippen LogP contribution in [-0.2, 0) is 19.0 Å². The summed E-state index contributed by atoms with van der Waals surface area (Å²) >= 11 is 0. The molecule has 2 aliphatic rings. The van der Waals surface area contributed by atoms with E-state index in [1.54, 1.807) is 0 Å². The third-order valence-electron chi connectivity index (χ3n) is 4.48. The first-order valence-electron chi connectivity index (χ1n) is 8.59. The molecule has 0 unspecified atom stereocenters. The van der Waals surface area contributed by atoms with Crippen LogP contribution >= 0.6 is 0 Å². The van der Waals surface area contributed by atoms with Gasteiger partial charge in [0.15, 0.2) is 5.79 Å². The fraction of sp³-hybridized carbons (Fsp3) is 0.611. The van der Waals surface area contributed by atoms with Gasteiger partial charge in [0.1, 0.15) is 6.04 Å². The van der Waals surface area contributed by atoms with Crippen molar-refractivity contribution in [1.82, 2.24) is 5.32 Å². The molecule has 0 bridgehead atoms. The van der Waals surface area contributed by atoms with Crippen molar-refractivity contribution >= 4 is 5.97 Å². The first kappa shape index (κ1) is 17.4. The van der Waals surface area contributed by atoms with Gasteiger partial charge in [-0.05, 0) is 12.0 Å². The molecule has 0 aliphatic carbocycles. The van der Waals surface area contributed by atoms with Crippen LogP contribution in [0.2, 0.25) is 0 Å². The molecule has 132 valence electrons. The summed E-state index contributed by atoms with van der Waals surface area (Å²) in [5.74, 6) is -1.05. The predicted molar refractivity (Wildman–Crippen MR) is 87.3 cm³/mol. The summed E-state index contributed by atoms with van der Waals surface area (Å²) in [4.78, 5) is 12.4. The second-order valence-corrected chi connectivity index (χ2v) is 6.30. The fourth-order valence-electron chi connectivity index (χ4n) is 3.31. The molecule has 0 aromatic heterocycles. The maximum atomic E-state index is 12.4. The predicted octanol–water partition coefficient (Wildman–Crippen LogP) is 1.54. The monoisotopic (exact) mass is 335 g/mol. The van der Waals surface area contributed by atoms with Gasteiger partial charge in [-0.3, -0.25) is 10.1 Å². The standard InChI is InChI=1S/C18H25NO5/c20-8-4-9-22-17(21)16-13-18(23-10-5-11-24-18)12-15(19-16)14-6-2-1-3-7-14/h1-3,6-7,15-16,19-20H,4-5,8-13H2/t15-,16-/m0/s1. The fourth-order valence-corrected chi connectivity index (χ4v) is 3.31. The molecule has 2 heterocycles. The average molecular weight is 335 g/mol. The zero-order valence-corrected chi connectivity index (χ0v) is 13.8. The Hall–Kier alpha value is -1.47. The molecule has 1 aromatic carbocycles. The zero-order valence-electron chi connectivity index (χ0n) is 13.8. The van der Waals surface area contributed by atoms with Gasteiger partial charge in [-0.15, -0.1) is 0 Å². The van der Waals surface area contributed by atoms with E-state index in [-0.39, 0.29) is 25.2 Å². The van der Waals surface area contributed by atoms with Gasteiger partial charge in [-0.25, -0.2) is 0 Å². The number of benzene rings is 1. The van der Waals surface area contributed by atoms with Gasteiger partial charge in [0.05, 0.1) is 19.8 Å². The van der Waals surface area contributed by atoms with Crippen molar-refractivity contribution < 1.29 is 24.1 Å². The van der Waals surface area contributed by atoms with Crippen LogP contribution in [0, 0.1) is 0 Å². The van der Waals surface area contributed by atoms with Gasteiger partial charge in [0, 0.05) is 31.9 Å². The molecular formula is C18H25NO5. The number of carbonyl (C=O) groups excluding carboxylic acids is 1. The molecule has 0 amide bonds. The zero-order chi connectivity index (χ0) is 16.8. The lowest BCUT2D eigenvalue weighted by atomic mass is 9.88. The molecule has 3 rings (SSSR count). The number of carbonyl (C=O) groups is 1. The molecule has 2 saturated heterocycles. The van der Waals surface area contributed by atoms with E-state index in [1.807, 2.05) is 30.3 Å². The molecule has 24 heavy (non-hydrogen) atoms. The highest BCUT2D eigenvalue weighted by atomic mass is 16.7. The van der Waals surface area contributed by atoms with Crippen molar-refractivity contribution in [3.8, 4) is 0 Å². The van der Waals surface area contributed by atoms with E-state index in [0.717, 1.165) is 12.0 Å². The van der Waals surface area contributed by atoms with Gasteiger partial charge in [0.2, 0.25) is 0 Å². The van der Waals surface area contributed by atoms with E-state index in [1.165, 1.54) is 0 Å². The van der Waals surface area contributed by atoms with Gasteiger partial charge in [-0.1, -0.05) is 30.3 Å². The molecule has 1 spiro atoms. The summed E-state index contributed by atoms with van der Waals surface area (Å²) in [6.07, 6.45) is 2.42. The topological polar surface area (TPSA) is 77.0 Å². The summed E-state index contributed by atoms with van der Waals surface area (Å²) in [6, 6.07) is 9.48.